The minimum absolute atomic E-state index is 0.738. The molecule has 0 bridgehead atoms. The van der Waals surface area contributed by atoms with E-state index in [4.69, 9.17) is 23.8 Å². The van der Waals surface area contributed by atoms with Crippen molar-refractivity contribution < 1.29 is 4.90 Å². The molecule has 0 atom stereocenters. The molecule has 1 saturated heterocycles. The third-order valence-electron chi connectivity index (χ3n) is 3.89. The molecule has 0 saturated carbocycles. The van der Waals surface area contributed by atoms with Crippen molar-refractivity contribution in [2.45, 2.75) is 6.54 Å². The number of hydrogen-bond acceptors (Lipinski definition) is 2. The van der Waals surface area contributed by atoms with Crippen LogP contribution >= 0.6 is 35.2 Å². The molecule has 0 aliphatic carbocycles. The van der Waals surface area contributed by atoms with Gasteiger partial charge in [0, 0.05) is 16.3 Å². The summed E-state index contributed by atoms with van der Waals surface area (Å²) in [5.74, 6) is 0. The van der Waals surface area contributed by atoms with E-state index >= 15 is 0 Å². The largest absolute Gasteiger partial charge is 0.338 e. The van der Waals surface area contributed by atoms with E-state index in [0.29, 0.717) is 0 Å². The third kappa shape index (κ3) is 4.20. The Morgan fingerprint density at radius 2 is 1.95 bits per heavy atom. The first kappa shape index (κ1) is 15.7. The van der Waals surface area contributed by atoms with Crippen LogP contribution in [0.4, 0.5) is 5.69 Å². The highest BCUT2D eigenvalue weighted by molar-refractivity contribution is 7.80. The highest BCUT2D eigenvalue weighted by atomic mass is 35.5. The van der Waals surface area contributed by atoms with Crippen LogP contribution in [0.2, 0.25) is 5.02 Å². The molecule has 3 nitrogen and oxygen atoms in total. The van der Waals surface area contributed by atoms with Crippen molar-refractivity contribution in [2.75, 3.05) is 31.5 Å². The predicted molar refractivity (Wildman–Crippen MR) is 98.0 cm³/mol. The average Bonchev–Trinajstić information content (AvgIpc) is 3.03. The summed E-state index contributed by atoms with van der Waals surface area (Å²) >= 11 is 13.2. The van der Waals surface area contributed by atoms with Crippen LogP contribution < -0.4 is 10.2 Å². The fourth-order valence-corrected chi connectivity index (χ4v) is 3.72. The number of thiophene rings is 1. The number of benzene rings is 1. The molecule has 0 radical (unpaired) electrons. The van der Waals surface area contributed by atoms with Crippen molar-refractivity contribution >= 4 is 46.0 Å². The maximum atomic E-state index is 5.90. The van der Waals surface area contributed by atoms with Crippen molar-refractivity contribution in [1.82, 2.24) is 4.90 Å². The molecule has 0 unspecified atom stereocenters. The maximum absolute atomic E-state index is 5.90. The minimum atomic E-state index is 0.738. The van der Waals surface area contributed by atoms with Crippen molar-refractivity contribution in [2.24, 2.45) is 0 Å². The minimum Gasteiger partial charge on any atom is -0.338 e. The molecule has 116 valence electrons. The van der Waals surface area contributed by atoms with E-state index in [-0.39, 0.29) is 0 Å². The first-order chi connectivity index (χ1) is 10.7. The van der Waals surface area contributed by atoms with Crippen LogP contribution in [0.15, 0.2) is 41.1 Å². The molecular formula is C16H19ClN3S2+. The molecule has 1 aliphatic rings. The number of anilines is 1. The Labute approximate surface area is 145 Å². The monoisotopic (exact) mass is 352 g/mol. The Balaban J connectivity index is 1.48. The second-order valence-electron chi connectivity index (χ2n) is 5.48. The average molecular weight is 353 g/mol. The molecule has 0 spiro atoms. The van der Waals surface area contributed by atoms with E-state index in [1.807, 2.05) is 24.3 Å². The summed E-state index contributed by atoms with van der Waals surface area (Å²) in [6.45, 7) is 5.36. The molecule has 0 amide bonds. The lowest BCUT2D eigenvalue weighted by Crippen LogP contribution is -3.13. The SMILES string of the molecule is S=C(Nc1ccc(Cl)cc1)N1CC[NH+](Cc2ccsc2)CC1. The molecule has 6 heteroatoms. The van der Waals surface area contributed by atoms with Crippen molar-refractivity contribution in [1.29, 1.82) is 0 Å². The molecule has 1 aromatic heterocycles. The van der Waals surface area contributed by atoms with Gasteiger partial charge in [-0.05, 0) is 53.3 Å². The van der Waals surface area contributed by atoms with Gasteiger partial charge in [0.05, 0.1) is 26.2 Å². The molecule has 22 heavy (non-hydrogen) atoms. The fourth-order valence-electron chi connectivity index (χ4n) is 2.62. The molecule has 1 fully saturated rings. The number of halogens is 1. The van der Waals surface area contributed by atoms with Gasteiger partial charge in [0.25, 0.3) is 0 Å². The zero-order valence-electron chi connectivity index (χ0n) is 12.2. The van der Waals surface area contributed by atoms with Gasteiger partial charge in [-0.3, -0.25) is 0 Å². The lowest BCUT2D eigenvalue weighted by Gasteiger charge is -2.33. The van der Waals surface area contributed by atoms with Gasteiger partial charge in [0.1, 0.15) is 6.54 Å². The van der Waals surface area contributed by atoms with Gasteiger partial charge in [0.15, 0.2) is 5.11 Å². The zero-order chi connectivity index (χ0) is 15.4. The normalized spacial score (nSPS) is 15.8. The van der Waals surface area contributed by atoms with Gasteiger partial charge in [-0.25, -0.2) is 0 Å². The highest BCUT2D eigenvalue weighted by Crippen LogP contribution is 2.14. The van der Waals surface area contributed by atoms with Gasteiger partial charge in [0.2, 0.25) is 0 Å². The summed E-state index contributed by atoms with van der Waals surface area (Å²) in [4.78, 5) is 3.88. The van der Waals surface area contributed by atoms with Crippen LogP contribution in [0.1, 0.15) is 5.56 Å². The van der Waals surface area contributed by atoms with Crippen molar-refractivity contribution in [3.63, 3.8) is 0 Å². The van der Waals surface area contributed by atoms with E-state index in [1.165, 1.54) is 5.56 Å². The molecule has 2 aromatic rings. The molecular weight excluding hydrogens is 334 g/mol. The smallest absolute Gasteiger partial charge is 0.173 e. The lowest BCUT2D eigenvalue weighted by molar-refractivity contribution is -0.917. The summed E-state index contributed by atoms with van der Waals surface area (Å²) in [5.41, 5.74) is 2.43. The van der Waals surface area contributed by atoms with E-state index in [9.17, 15) is 0 Å². The van der Waals surface area contributed by atoms with Gasteiger partial charge >= 0.3 is 0 Å². The second kappa shape index (κ2) is 7.42. The number of nitrogens with zero attached hydrogens (tertiary/aromatic N) is 1. The van der Waals surface area contributed by atoms with Gasteiger partial charge < -0.3 is 15.1 Å². The Morgan fingerprint density at radius 1 is 1.23 bits per heavy atom. The maximum Gasteiger partial charge on any atom is 0.173 e. The highest BCUT2D eigenvalue weighted by Gasteiger charge is 2.21. The van der Waals surface area contributed by atoms with Crippen molar-refractivity contribution in [3.05, 3.63) is 51.7 Å². The van der Waals surface area contributed by atoms with Gasteiger partial charge in [-0.2, -0.15) is 11.3 Å². The van der Waals surface area contributed by atoms with E-state index in [1.54, 1.807) is 16.2 Å². The van der Waals surface area contributed by atoms with Gasteiger partial charge in [-0.1, -0.05) is 11.6 Å². The molecule has 1 aliphatic heterocycles. The number of quaternary nitrogens is 1. The Hall–Kier alpha value is -1.14. The molecule has 1 aromatic carbocycles. The molecule has 3 rings (SSSR count). The summed E-state index contributed by atoms with van der Waals surface area (Å²) in [6.07, 6.45) is 0. The number of piperazine rings is 1. The first-order valence-corrected chi connectivity index (χ1v) is 9.10. The summed E-state index contributed by atoms with van der Waals surface area (Å²) < 4.78 is 0. The van der Waals surface area contributed by atoms with Crippen LogP contribution in [-0.2, 0) is 6.54 Å². The van der Waals surface area contributed by atoms with Gasteiger partial charge in [-0.15, -0.1) is 0 Å². The second-order valence-corrected chi connectivity index (χ2v) is 7.09. The number of nitrogens with one attached hydrogen (secondary N) is 2. The van der Waals surface area contributed by atoms with E-state index in [2.05, 4.69) is 27.0 Å². The number of hydrogen-bond donors (Lipinski definition) is 2. The first-order valence-electron chi connectivity index (χ1n) is 7.37. The summed E-state index contributed by atoms with van der Waals surface area (Å²) in [6, 6.07) is 9.86. The predicted octanol–water partition coefficient (Wildman–Crippen LogP) is 2.50. The van der Waals surface area contributed by atoms with Crippen LogP contribution in [0, 0.1) is 0 Å². The molecule has 2 N–H and O–H groups in total. The summed E-state index contributed by atoms with van der Waals surface area (Å²) in [7, 11) is 0. The fraction of sp³-hybridized carbons (Fsp3) is 0.312. The Kier molecular flexibility index (Phi) is 5.31. The Morgan fingerprint density at radius 3 is 2.59 bits per heavy atom. The lowest BCUT2D eigenvalue weighted by atomic mass is 10.2. The third-order valence-corrected chi connectivity index (χ3v) is 5.23. The van der Waals surface area contributed by atoms with Crippen LogP contribution in [0.3, 0.4) is 0 Å². The van der Waals surface area contributed by atoms with E-state index < -0.39 is 0 Å². The van der Waals surface area contributed by atoms with Crippen molar-refractivity contribution in [3.8, 4) is 0 Å². The van der Waals surface area contributed by atoms with Crippen LogP contribution in [0.25, 0.3) is 0 Å². The standard InChI is InChI=1S/C16H18ClN3S2/c17-14-1-3-15(4-2-14)18-16(21)20-8-6-19(7-9-20)11-13-5-10-22-12-13/h1-5,10,12H,6-9,11H2,(H,18,21)/p+1. The number of thiocarbonyl (C=S) groups is 1. The zero-order valence-corrected chi connectivity index (χ0v) is 14.6. The van der Waals surface area contributed by atoms with Crippen LogP contribution in [-0.4, -0.2) is 36.2 Å². The topological polar surface area (TPSA) is 19.7 Å². The van der Waals surface area contributed by atoms with Crippen LogP contribution in [0.5, 0.6) is 0 Å². The summed E-state index contributed by atoms with van der Waals surface area (Å²) in [5, 5.41) is 9.22. The Bertz CT molecular complexity index is 605. The van der Waals surface area contributed by atoms with E-state index in [0.717, 1.165) is 48.5 Å². The quantitative estimate of drug-likeness (QED) is 0.828. The number of rotatable bonds is 3. The molecule has 2 heterocycles.